The van der Waals surface area contributed by atoms with Crippen molar-refractivity contribution in [1.82, 2.24) is 14.5 Å². The zero-order valence-electron chi connectivity index (χ0n) is 24.4. The molecule has 0 N–H and O–H groups in total. The number of nitrogens with zero attached hydrogens (tertiary/aromatic N) is 3. The molecule has 0 atom stereocenters. The van der Waals surface area contributed by atoms with E-state index >= 15 is 0 Å². The largest absolute Gasteiger partial charge is 0.292 e. The van der Waals surface area contributed by atoms with E-state index < -0.39 is 0 Å². The summed E-state index contributed by atoms with van der Waals surface area (Å²) in [5.74, 6) is 0.930. The van der Waals surface area contributed by atoms with Crippen molar-refractivity contribution in [2.24, 2.45) is 0 Å². The molecule has 0 aliphatic heterocycles. The molecule has 2 aromatic heterocycles. The van der Waals surface area contributed by atoms with Gasteiger partial charge in [-0.05, 0) is 58.3 Å². The van der Waals surface area contributed by atoms with E-state index in [1.807, 2.05) is 12.1 Å². The molecule has 3 heteroatoms. The first-order valence-electron chi connectivity index (χ1n) is 15.3. The minimum atomic E-state index is 0.930. The van der Waals surface area contributed by atoms with Gasteiger partial charge in [0.25, 0.3) is 0 Å². The Hall–Kier alpha value is -6.06. The fourth-order valence-electron chi connectivity index (χ4n) is 6.66. The molecule has 0 unspecified atom stereocenters. The molecule has 9 rings (SSSR count). The van der Waals surface area contributed by atoms with Gasteiger partial charge >= 0.3 is 0 Å². The van der Waals surface area contributed by atoms with Crippen LogP contribution in [0, 0.1) is 0 Å². The summed E-state index contributed by atoms with van der Waals surface area (Å²) in [6.07, 6.45) is 0. The van der Waals surface area contributed by atoms with Crippen molar-refractivity contribution in [1.29, 1.82) is 0 Å². The number of fused-ring (bicyclic) bond motifs is 6. The maximum absolute atomic E-state index is 5.18. The Labute approximate surface area is 260 Å². The summed E-state index contributed by atoms with van der Waals surface area (Å²) in [6, 6.07) is 57.8. The molecule has 0 fully saturated rings. The van der Waals surface area contributed by atoms with Gasteiger partial charge in [-0.1, -0.05) is 127 Å². The lowest BCUT2D eigenvalue weighted by atomic mass is 9.94. The highest BCUT2D eigenvalue weighted by Crippen LogP contribution is 2.38. The summed E-state index contributed by atoms with van der Waals surface area (Å²) in [7, 11) is 0. The summed E-state index contributed by atoms with van der Waals surface area (Å²) in [6.45, 7) is 0. The summed E-state index contributed by atoms with van der Waals surface area (Å²) in [4.78, 5) is 10.3. The van der Waals surface area contributed by atoms with Crippen molar-refractivity contribution in [3.05, 3.63) is 164 Å². The second kappa shape index (κ2) is 10.3. The van der Waals surface area contributed by atoms with Crippen molar-refractivity contribution < 1.29 is 0 Å². The van der Waals surface area contributed by atoms with Gasteiger partial charge in [0.05, 0.1) is 22.2 Å². The fraction of sp³-hybridized carbons (Fsp3) is 0. The Balaban J connectivity index is 1.16. The van der Waals surface area contributed by atoms with E-state index in [-0.39, 0.29) is 0 Å². The topological polar surface area (TPSA) is 30.7 Å². The van der Waals surface area contributed by atoms with E-state index in [1.165, 1.54) is 26.9 Å². The predicted molar refractivity (Wildman–Crippen MR) is 188 cm³/mol. The first kappa shape index (κ1) is 25.4. The number of hydrogen-bond donors (Lipinski definition) is 0. The summed E-state index contributed by atoms with van der Waals surface area (Å²) in [5.41, 5.74) is 9.66. The SMILES string of the molecule is c1ccc(-n2c(-c3cccc(-c4ccc(-c5nc6ccccc6c6c5ccc5ccccc56)cc4)c3)nc3ccccc32)cc1. The van der Waals surface area contributed by atoms with Gasteiger partial charge in [0, 0.05) is 33.0 Å². The van der Waals surface area contributed by atoms with Crippen LogP contribution < -0.4 is 0 Å². The molecule has 0 aliphatic carbocycles. The average molecular weight is 574 g/mol. The zero-order chi connectivity index (χ0) is 29.7. The minimum Gasteiger partial charge on any atom is -0.292 e. The predicted octanol–water partition coefficient (Wildman–Crippen LogP) is 10.9. The van der Waals surface area contributed by atoms with Crippen LogP contribution in [0.5, 0.6) is 0 Å². The van der Waals surface area contributed by atoms with Crippen LogP contribution >= 0.6 is 0 Å². The molecule has 3 nitrogen and oxygen atoms in total. The molecule has 0 bridgehead atoms. The Morgan fingerprint density at radius 2 is 1.09 bits per heavy atom. The van der Waals surface area contributed by atoms with Gasteiger partial charge in [0.2, 0.25) is 0 Å². The van der Waals surface area contributed by atoms with Crippen molar-refractivity contribution >= 4 is 43.5 Å². The number of para-hydroxylation sites is 4. The van der Waals surface area contributed by atoms with Gasteiger partial charge in [-0.15, -0.1) is 0 Å². The highest BCUT2D eigenvalue weighted by atomic mass is 15.1. The third-order valence-electron chi connectivity index (χ3n) is 8.78. The third-order valence-corrected chi connectivity index (χ3v) is 8.78. The summed E-state index contributed by atoms with van der Waals surface area (Å²) in [5, 5.41) is 6.10. The van der Waals surface area contributed by atoms with Crippen LogP contribution in [0.4, 0.5) is 0 Å². The molecule has 9 aromatic rings. The van der Waals surface area contributed by atoms with E-state index in [9.17, 15) is 0 Å². The number of pyridine rings is 1. The minimum absolute atomic E-state index is 0.930. The molecular formula is C42H27N3. The lowest BCUT2D eigenvalue weighted by Gasteiger charge is -2.13. The number of imidazole rings is 1. The standard InChI is InChI=1S/C42H27N3/c1-2-14-33(15-3-1)45-39-20-9-8-19-38(39)44-42(45)32-13-10-12-31(27-32)28-21-23-30(24-22-28)41-36-26-25-29-11-4-5-16-34(29)40(36)35-17-6-7-18-37(35)43-41/h1-27H. The van der Waals surface area contributed by atoms with E-state index in [4.69, 9.17) is 9.97 Å². The molecule has 2 heterocycles. The Bertz CT molecular complexity index is 2510. The van der Waals surface area contributed by atoms with Crippen LogP contribution in [0.1, 0.15) is 0 Å². The molecule has 0 radical (unpaired) electrons. The quantitative estimate of drug-likeness (QED) is 0.196. The van der Waals surface area contributed by atoms with Crippen LogP contribution in [0.15, 0.2) is 164 Å². The molecule has 210 valence electrons. The summed E-state index contributed by atoms with van der Waals surface area (Å²) < 4.78 is 2.25. The van der Waals surface area contributed by atoms with Gasteiger partial charge < -0.3 is 0 Å². The highest BCUT2D eigenvalue weighted by molar-refractivity contribution is 6.22. The maximum atomic E-state index is 5.18. The van der Waals surface area contributed by atoms with Crippen molar-refractivity contribution in [3.8, 4) is 39.5 Å². The first-order valence-corrected chi connectivity index (χ1v) is 15.3. The number of rotatable bonds is 4. The van der Waals surface area contributed by atoms with Gasteiger partial charge in [0.15, 0.2) is 0 Å². The third kappa shape index (κ3) is 4.21. The molecule has 0 aliphatic rings. The van der Waals surface area contributed by atoms with Gasteiger partial charge in [-0.3, -0.25) is 4.57 Å². The molecule has 0 saturated heterocycles. The van der Waals surface area contributed by atoms with Crippen molar-refractivity contribution in [3.63, 3.8) is 0 Å². The van der Waals surface area contributed by atoms with E-state index in [0.717, 1.165) is 56.0 Å². The van der Waals surface area contributed by atoms with E-state index in [0.29, 0.717) is 0 Å². The molecule has 45 heavy (non-hydrogen) atoms. The average Bonchev–Trinajstić information content (AvgIpc) is 3.51. The normalized spacial score (nSPS) is 11.6. The second-order valence-corrected chi connectivity index (χ2v) is 11.4. The first-order chi connectivity index (χ1) is 22.3. The van der Waals surface area contributed by atoms with Crippen molar-refractivity contribution in [2.75, 3.05) is 0 Å². The monoisotopic (exact) mass is 573 g/mol. The number of benzene rings is 7. The van der Waals surface area contributed by atoms with Crippen LogP contribution in [-0.4, -0.2) is 14.5 Å². The Morgan fingerprint density at radius 1 is 0.400 bits per heavy atom. The zero-order valence-corrected chi connectivity index (χ0v) is 24.4. The smallest absolute Gasteiger partial charge is 0.145 e. The fourth-order valence-corrected chi connectivity index (χ4v) is 6.66. The number of aromatic nitrogens is 3. The van der Waals surface area contributed by atoms with Gasteiger partial charge in [-0.25, -0.2) is 9.97 Å². The van der Waals surface area contributed by atoms with Crippen LogP contribution in [-0.2, 0) is 0 Å². The molecule has 0 spiro atoms. The van der Waals surface area contributed by atoms with Crippen LogP contribution in [0.25, 0.3) is 82.9 Å². The molecule has 0 amide bonds. The number of hydrogen-bond acceptors (Lipinski definition) is 2. The van der Waals surface area contributed by atoms with Gasteiger partial charge in [-0.2, -0.15) is 0 Å². The lowest BCUT2D eigenvalue weighted by molar-refractivity contribution is 1.10. The molecule has 7 aromatic carbocycles. The van der Waals surface area contributed by atoms with Crippen molar-refractivity contribution in [2.45, 2.75) is 0 Å². The van der Waals surface area contributed by atoms with E-state index in [2.05, 4.69) is 156 Å². The second-order valence-electron chi connectivity index (χ2n) is 11.4. The van der Waals surface area contributed by atoms with Gasteiger partial charge in [0.1, 0.15) is 5.82 Å². The van der Waals surface area contributed by atoms with E-state index in [1.54, 1.807) is 0 Å². The lowest BCUT2D eigenvalue weighted by Crippen LogP contribution is -1.97. The Kier molecular flexibility index (Phi) is 5.82. The van der Waals surface area contributed by atoms with Crippen LogP contribution in [0.2, 0.25) is 0 Å². The highest BCUT2D eigenvalue weighted by Gasteiger charge is 2.16. The Morgan fingerprint density at radius 3 is 1.96 bits per heavy atom. The molecular weight excluding hydrogens is 546 g/mol. The maximum Gasteiger partial charge on any atom is 0.145 e. The van der Waals surface area contributed by atoms with Crippen LogP contribution in [0.3, 0.4) is 0 Å². The molecule has 0 saturated carbocycles. The summed E-state index contributed by atoms with van der Waals surface area (Å²) >= 11 is 0.